The van der Waals surface area contributed by atoms with Gasteiger partial charge in [-0.2, -0.15) is 5.10 Å². The smallest absolute Gasteiger partial charge is 0.322 e. The topological polar surface area (TPSA) is 97.7 Å². The number of benzene rings is 2. The molecule has 9 nitrogen and oxygen atoms in total. The van der Waals surface area contributed by atoms with Crippen LogP contribution in [0, 0.1) is 0 Å². The summed E-state index contributed by atoms with van der Waals surface area (Å²) >= 11 is 0. The summed E-state index contributed by atoms with van der Waals surface area (Å²) in [6.45, 7) is 15.0. The third-order valence-corrected chi connectivity index (χ3v) is 6.85. The van der Waals surface area contributed by atoms with E-state index < -0.39 is 0 Å². The summed E-state index contributed by atoms with van der Waals surface area (Å²) in [6.07, 6.45) is 0. The van der Waals surface area contributed by atoms with E-state index in [2.05, 4.69) is 59.1 Å². The van der Waals surface area contributed by atoms with E-state index in [-0.39, 0.29) is 42.3 Å². The molecule has 2 aromatic carbocycles. The predicted octanol–water partition coefficient (Wildman–Crippen LogP) is 6.54. The molecule has 1 heterocycles. The quantitative estimate of drug-likeness (QED) is 0.276. The summed E-state index contributed by atoms with van der Waals surface area (Å²) < 4.78 is 12.2. The lowest BCUT2D eigenvalue weighted by molar-refractivity contribution is -0.116. The van der Waals surface area contributed by atoms with E-state index in [9.17, 15) is 9.59 Å². The Morgan fingerprint density at radius 1 is 0.951 bits per heavy atom. The molecule has 0 saturated heterocycles. The molecule has 0 saturated carbocycles. The van der Waals surface area contributed by atoms with Crippen LogP contribution in [-0.4, -0.2) is 60.5 Å². The van der Waals surface area contributed by atoms with Gasteiger partial charge in [0, 0.05) is 30.8 Å². The second-order valence-electron chi connectivity index (χ2n) is 11.8. The number of ether oxygens (including phenoxy) is 2. The van der Waals surface area contributed by atoms with Crippen LogP contribution in [0.2, 0.25) is 0 Å². The minimum absolute atomic E-state index is 0.158. The van der Waals surface area contributed by atoms with Crippen molar-refractivity contribution in [2.45, 2.75) is 65.7 Å². The lowest BCUT2D eigenvalue weighted by Crippen LogP contribution is -2.42. The van der Waals surface area contributed by atoms with E-state index >= 15 is 0 Å². The average Bonchev–Trinajstić information content (AvgIpc) is 3.35. The predicted molar refractivity (Wildman–Crippen MR) is 165 cm³/mol. The van der Waals surface area contributed by atoms with Gasteiger partial charge in [-0.05, 0) is 47.2 Å². The highest BCUT2D eigenvalue weighted by Crippen LogP contribution is 2.33. The van der Waals surface area contributed by atoms with Crippen molar-refractivity contribution in [2.75, 3.05) is 44.5 Å². The molecule has 0 unspecified atom stereocenters. The Morgan fingerprint density at radius 2 is 1.56 bits per heavy atom. The van der Waals surface area contributed by atoms with Crippen LogP contribution in [0.25, 0.3) is 5.69 Å². The third-order valence-electron chi connectivity index (χ3n) is 6.85. The largest absolute Gasteiger partial charge is 0.497 e. The van der Waals surface area contributed by atoms with Gasteiger partial charge in [-0.15, -0.1) is 0 Å². The van der Waals surface area contributed by atoms with Crippen LogP contribution in [0.4, 0.5) is 16.3 Å². The highest BCUT2D eigenvalue weighted by molar-refractivity contribution is 5.97. The second kappa shape index (κ2) is 13.7. The molecule has 222 valence electrons. The SMILES string of the molecule is COCCN(CC(=O)Nc1cc(C(C)(C)C)nn1-c1ccc(OC)cc1)C(=O)Nc1c(C(C)C)cccc1C(C)C. The van der Waals surface area contributed by atoms with Crippen molar-refractivity contribution in [1.29, 1.82) is 0 Å². The maximum Gasteiger partial charge on any atom is 0.322 e. The number of nitrogens with one attached hydrogen (secondary N) is 2. The van der Waals surface area contributed by atoms with Gasteiger partial charge in [0.1, 0.15) is 18.1 Å². The first-order valence-electron chi connectivity index (χ1n) is 14.1. The van der Waals surface area contributed by atoms with E-state index in [1.54, 1.807) is 18.9 Å². The molecule has 3 aromatic rings. The fraction of sp³-hybridized carbons (Fsp3) is 0.469. The Morgan fingerprint density at radius 3 is 2.07 bits per heavy atom. The number of carbonyl (C=O) groups is 2. The second-order valence-corrected chi connectivity index (χ2v) is 11.8. The molecule has 41 heavy (non-hydrogen) atoms. The molecule has 0 radical (unpaired) electrons. The van der Waals surface area contributed by atoms with Gasteiger partial charge in [0.05, 0.1) is 25.1 Å². The molecule has 0 fully saturated rings. The number of methoxy groups -OCH3 is 2. The van der Waals surface area contributed by atoms with Crippen LogP contribution in [0.3, 0.4) is 0 Å². The number of urea groups is 1. The molecule has 3 amide bonds. The first-order chi connectivity index (χ1) is 19.3. The van der Waals surface area contributed by atoms with Gasteiger partial charge >= 0.3 is 6.03 Å². The zero-order chi connectivity index (χ0) is 30.3. The van der Waals surface area contributed by atoms with E-state index in [1.165, 1.54) is 4.90 Å². The van der Waals surface area contributed by atoms with Crippen molar-refractivity contribution in [3.05, 3.63) is 65.4 Å². The van der Waals surface area contributed by atoms with E-state index in [0.29, 0.717) is 12.4 Å². The fourth-order valence-electron chi connectivity index (χ4n) is 4.45. The molecular formula is C32H45N5O4. The molecule has 0 atom stereocenters. The highest BCUT2D eigenvalue weighted by atomic mass is 16.5. The number of amides is 3. The molecule has 9 heteroatoms. The zero-order valence-corrected chi connectivity index (χ0v) is 25.9. The number of para-hydroxylation sites is 1. The fourth-order valence-corrected chi connectivity index (χ4v) is 4.45. The zero-order valence-electron chi connectivity index (χ0n) is 25.9. The van der Waals surface area contributed by atoms with Gasteiger partial charge in [0.25, 0.3) is 0 Å². The maximum atomic E-state index is 13.6. The molecular weight excluding hydrogens is 518 g/mol. The number of hydrogen-bond acceptors (Lipinski definition) is 5. The number of hydrogen-bond donors (Lipinski definition) is 2. The molecule has 2 N–H and O–H groups in total. The average molecular weight is 564 g/mol. The van der Waals surface area contributed by atoms with Crippen LogP contribution < -0.4 is 15.4 Å². The van der Waals surface area contributed by atoms with Crippen LogP contribution in [0.15, 0.2) is 48.5 Å². The minimum Gasteiger partial charge on any atom is -0.497 e. The van der Waals surface area contributed by atoms with Crippen molar-refractivity contribution in [3.63, 3.8) is 0 Å². The Hall–Kier alpha value is -3.85. The van der Waals surface area contributed by atoms with Gasteiger partial charge in [-0.1, -0.05) is 66.7 Å². The van der Waals surface area contributed by atoms with E-state index in [4.69, 9.17) is 14.6 Å². The van der Waals surface area contributed by atoms with E-state index in [1.807, 2.05) is 48.5 Å². The Labute approximate surface area is 244 Å². The van der Waals surface area contributed by atoms with Crippen LogP contribution >= 0.6 is 0 Å². The summed E-state index contributed by atoms with van der Waals surface area (Å²) in [6, 6.07) is 15.1. The number of nitrogens with zero attached hydrogens (tertiary/aromatic N) is 3. The summed E-state index contributed by atoms with van der Waals surface area (Å²) in [7, 11) is 3.19. The van der Waals surface area contributed by atoms with Crippen molar-refractivity contribution >= 4 is 23.4 Å². The Balaban J connectivity index is 1.88. The van der Waals surface area contributed by atoms with Crippen LogP contribution in [-0.2, 0) is 14.9 Å². The molecule has 1 aromatic heterocycles. The van der Waals surface area contributed by atoms with Gasteiger partial charge < -0.3 is 25.0 Å². The lowest BCUT2D eigenvalue weighted by Gasteiger charge is -2.26. The first kappa shape index (κ1) is 31.7. The van der Waals surface area contributed by atoms with Gasteiger partial charge in [0.15, 0.2) is 0 Å². The lowest BCUT2D eigenvalue weighted by atomic mass is 9.92. The monoisotopic (exact) mass is 563 g/mol. The molecule has 0 spiro atoms. The number of aromatic nitrogens is 2. The van der Waals surface area contributed by atoms with Crippen molar-refractivity contribution in [3.8, 4) is 11.4 Å². The van der Waals surface area contributed by atoms with Crippen LogP contribution in [0.1, 0.15) is 77.1 Å². The summed E-state index contributed by atoms with van der Waals surface area (Å²) in [5.41, 5.74) is 4.27. The van der Waals surface area contributed by atoms with Gasteiger partial charge in [-0.25, -0.2) is 9.48 Å². The minimum atomic E-state index is -0.355. The maximum absolute atomic E-state index is 13.6. The summed E-state index contributed by atoms with van der Waals surface area (Å²) in [5, 5.41) is 10.9. The van der Waals surface area contributed by atoms with Crippen molar-refractivity contribution < 1.29 is 19.1 Å². The number of anilines is 2. The molecule has 0 bridgehead atoms. The molecule has 0 aliphatic heterocycles. The molecule has 3 rings (SSSR count). The van der Waals surface area contributed by atoms with Gasteiger partial charge in [0.2, 0.25) is 5.91 Å². The molecule has 0 aliphatic carbocycles. The normalized spacial score (nSPS) is 11.6. The van der Waals surface area contributed by atoms with E-state index in [0.717, 1.165) is 33.9 Å². The number of rotatable bonds is 11. The third kappa shape index (κ3) is 8.10. The number of carbonyl (C=O) groups excluding carboxylic acids is 2. The Kier molecular flexibility index (Phi) is 10.6. The van der Waals surface area contributed by atoms with Crippen molar-refractivity contribution in [1.82, 2.24) is 14.7 Å². The Bertz CT molecular complexity index is 1300. The highest BCUT2D eigenvalue weighted by Gasteiger charge is 2.24. The van der Waals surface area contributed by atoms with Gasteiger partial charge in [-0.3, -0.25) is 4.79 Å². The standard InChI is InChI=1S/C32H45N5O4/c1-21(2)25-11-10-12-26(22(3)4)30(25)34-31(39)36(17-18-40-8)20-29(38)33-28-19-27(32(5,6)7)35-37(28)23-13-15-24(41-9)16-14-23/h10-16,19,21-22H,17-18,20H2,1-9H3,(H,33,38)(H,34,39). The summed E-state index contributed by atoms with van der Waals surface area (Å²) in [4.78, 5) is 28.5. The van der Waals surface area contributed by atoms with Crippen LogP contribution in [0.5, 0.6) is 5.75 Å². The summed E-state index contributed by atoms with van der Waals surface area (Å²) in [5.74, 6) is 1.34. The molecule has 0 aliphatic rings. The van der Waals surface area contributed by atoms with Crippen molar-refractivity contribution in [2.24, 2.45) is 0 Å². The first-order valence-corrected chi connectivity index (χ1v) is 14.1.